The largest absolute Gasteiger partial charge is 0.369 e. The molecule has 0 unspecified atom stereocenters. The summed E-state index contributed by atoms with van der Waals surface area (Å²) < 4.78 is 18.3. The fraction of sp³-hybridized carbons (Fsp3) is 0.529. The number of hydrogen-bond donors (Lipinski definition) is 2. The third-order valence-corrected chi connectivity index (χ3v) is 3.95. The van der Waals surface area contributed by atoms with E-state index in [4.69, 9.17) is 4.74 Å². The predicted molar refractivity (Wildman–Crippen MR) is 89.2 cm³/mol. The van der Waals surface area contributed by atoms with Crippen molar-refractivity contribution in [2.24, 2.45) is 0 Å². The maximum atomic E-state index is 12.8. The summed E-state index contributed by atoms with van der Waals surface area (Å²) in [5, 5.41) is 5.49. The molecule has 132 valence electrons. The maximum Gasteiger partial charge on any atom is 0.319 e. The predicted octanol–water partition coefficient (Wildman–Crippen LogP) is 2.36. The standard InChI is InChI=1S/C17H24FN3O3/c1-3-15(24-4-2)16(22)21-10-9-14(11-21)20-17(23)19-13-7-5-12(18)6-8-13/h5-8,14-15H,3-4,9-11H2,1-2H3,(H2,19,20,23)/t14-,15+/m1/s1. The quantitative estimate of drug-likeness (QED) is 0.837. The molecule has 3 amide bonds. The second kappa shape index (κ2) is 8.63. The topological polar surface area (TPSA) is 70.7 Å². The highest BCUT2D eigenvalue weighted by Gasteiger charge is 2.31. The molecule has 0 bridgehead atoms. The molecule has 0 aliphatic carbocycles. The van der Waals surface area contributed by atoms with Crippen LogP contribution in [0.2, 0.25) is 0 Å². The minimum absolute atomic E-state index is 0.0254. The van der Waals surface area contributed by atoms with Crippen LogP contribution in [0.25, 0.3) is 0 Å². The zero-order valence-electron chi connectivity index (χ0n) is 14.0. The van der Waals surface area contributed by atoms with Gasteiger partial charge < -0.3 is 20.3 Å². The number of carbonyl (C=O) groups excluding carboxylic acids is 2. The summed E-state index contributed by atoms with van der Waals surface area (Å²) >= 11 is 0. The van der Waals surface area contributed by atoms with Gasteiger partial charge in [0.05, 0.1) is 0 Å². The summed E-state index contributed by atoms with van der Waals surface area (Å²) in [5.74, 6) is -0.381. The zero-order valence-corrected chi connectivity index (χ0v) is 14.0. The number of hydrogen-bond acceptors (Lipinski definition) is 3. The van der Waals surface area contributed by atoms with Gasteiger partial charge in [0.25, 0.3) is 5.91 Å². The summed E-state index contributed by atoms with van der Waals surface area (Å²) in [5.41, 5.74) is 0.516. The Balaban J connectivity index is 1.81. The highest BCUT2D eigenvalue weighted by molar-refractivity contribution is 5.89. The number of amides is 3. The number of carbonyl (C=O) groups is 2. The molecule has 0 spiro atoms. The van der Waals surface area contributed by atoms with Crippen LogP contribution in [0.15, 0.2) is 24.3 Å². The Morgan fingerprint density at radius 3 is 2.67 bits per heavy atom. The average molecular weight is 337 g/mol. The molecular formula is C17H24FN3O3. The highest BCUT2D eigenvalue weighted by atomic mass is 19.1. The van der Waals surface area contributed by atoms with E-state index in [-0.39, 0.29) is 23.8 Å². The summed E-state index contributed by atoms with van der Waals surface area (Å²) in [4.78, 5) is 26.1. The molecule has 2 N–H and O–H groups in total. The Hall–Kier alpha value is -2.15. The molecule has 0 radical (unpaired) electrons. The van der Waals surface area contributed by atoms with Gasteiger partial charge >= 0.3 is 6.03 Å². The van der Waals surface area contributed by atoms with E-state index >= 15 is 0 Å². The first-order valence-corrected chi connectivity index (χ1v) is 8.27. The lowest BCUT2D eigenvalue weighted by Gasteiger charge is -2.22. The van der Waals surface area contributed by atoms with Crippen molar-refractivity contribution in [1.29, 1.82) is 0 Å². The molecule has 2 atom stereocenters. The van der Waals surface area contributed by atoms with E-state index < -0.39 is 6.10 Å². The Kier molecular flexibility index (Phi) is 6.54. The molecule has 7 heteroatoms. The van der Waals surface area contributed by atoms with Gasteiger partial charge in [-0.2, -0.15) is 0 Å². The molecule has 1 aliphatic heterocycles. The van der Waals surface area contributed by atoms with Crippen LogP contribution in [0.5, 0.6) is 0 Å². The van der Waals surface area contributed by atoms with Gasteiger partial charge in [-0.3, -0.25) is 4.79 Å². The molecule has 1 aromatic carbocycles. The van der Waals surface area contributed by atoms with Crippen molar-refractivity contribution in [2.45, 2.75) is 38.8 Å². The number of likely N-dealkylation sites (tertiary alicyclic amines) is 1. The first-order valence-electron chi connectivity index (χ1n) is 8.27. The van der Waals surface area contributed by atoms with E-state index in [9.17, 15) is 14.0 Å². The normalized spacial score (nSPS) is 18.3. The summed E-state index contributed by atoms with van der Waals surface area (Å²) in [7, 11) is 0. The van der Waals surface area contributed by atoms with Crippen LogP contribution in [0.3, 0.4) is 0 Å². The van der Waals surface area contributed by atoms with E-state index in [1.54, 1.807) is 4.90 Å². The second-order valence-electron chi connectivity index (χ2n) is 5.73. The van der Waals surface area contributed by atoms with Crippen molar-refractivity contribution in [3.8, 4) is 0 Å². The van der Waals surface area contributed by atoms with Crippen LogP contribution >= 0.6 is 0 Å². The SMILES string of the molecule is CCO[C@@H](CC)C(=O)N1CC[C@@H](NC(=O)Nc2ccc(F)cc2)C1. The third kappa shape index (κ3) is 4.92. The molecule has 6 nitrogen and oxygen atoms in total. The number of rotatable bonds is 6. The molecule has 1 heterocycles. The molecule has 1 fully saturated rings. The number of ether oxygens (including phenoxy) is 1. The summed E-state index contributed by atoms with van der Waals surface area (Å²) in [6, 6.07) is 5.08. The van der Waals surface area contributed by atoms with Gasteiger partial charge in [-0.1, -0.05) is 6.92 Å². The van der Waals surface area contributed by atoms with Gasteiger partial charge in [-0.15, -0.1) is 0 Å². The Bertz CT molecular complexity index is 565. The van der Waals surface area contributed by atoms with Crippen molar-refractivity contribution in [3.05, 3.63) is 30.1 Å². The van der Waals surface area contributed by atoms with Gasteiger partial charge in [0.1, 0.15) is 11.9 Å². The van der Waals surface area contributed by atoms with Gasteiger partial charge in [-0.05, 0) is 44.0 Å². The van der Waals surface area contributed by atoms with Crippen molar-refractivity contribution in [1.82, 2.24) is 10.2 Å². The molecule has 0 saturated carbocycles. The number of halogens is 1. The van der Waals surface area contributed by atoms with Crippen molar-refractivity contribution >= 4 is 17.6 Å². The average Bonchev–Trinajstić information content (AvgIpc) is 3.02. The number of nitrogens with one attached hydrogen (secondary N) is 2. The van der Waals surface area contributed by atoms with Crippen molar-refractivity contribution < 1.29 is 18.7 Å². The number of benzene rings is 1. The lowest BCUT2D eigenvalue weighted by atomic mass is 10.2. The smallest absolute Gasteiger partial charge is 0.319 e. The lowest BCUT2D eigenvalue weighted by molar-refractivity contribution is -0.142. The van der Waals surface area contributed by atoms with Crippen molar-refractivity contribution in [3.63, 3.8) is 0 Å². The Morgan fingerprint density at radius 2 is 2.04 bits per heavy atom. The maximum absolute atomic E-state index is 12.8. The molecule has 24 heavy (non-hydrogen) atoms. The molecule has 1 aliphatic rings. The van der Waals surface area contributed by atoms with Crippen LogP contribution in [-0.2, 0) is 9.53 Å². The first kappa shape index (κ1) is 18.2. The minimum Gasteiger partial charge on any atom is -0.369 e. The van der Waals surface area contributed by atoms with Gasteiger partial charge in [0.15, 0.2) is 0 Å². The van der Waals surface area contributed by atoms with Crippen molar-refractivity contribution in [2.75, 3.05) is 25.0 Å². The molecule has 0 aromatic heterocycles. The van der Waals surface area contributed by atoms with E-state index in [1.807, 2.05) is 13.8 Å². The number of nitrogens with zero attached hydrogens (tertiary/aromatic N) is 1. The molecule has 1 saturated heterocycles. The number of urea groups is 1. The Morgan fingerprint density at radius 1 is 1.33 bits per heavy atom. The highest BCUT2D eigenvalue weighted by Crippen LogP contribution is 2.14. The monoisotopic (exact) mass is 337 g/mol. The van der Waals surface area contributed by atoms with E-state index in [0.717, 1.165) is 0 Å². The molecule has 2 rings (SSSR count). The van der Waals surface area contributed by atoms with Gasteiger partial charge in [-0.25, -0.2) is 9.18 Å². The molecular weight excluding hydrogens is 313 g/mol. The summed E-state index contributed by atoms with van der Waals surface area (Å²) in [6.45, 7) is 5.35. The zero-order chi connectivity index (χ0) is 17.5. The van der Waals surface area contributed by atoms with E-state index in [2.05, 4.69) is 10.6 Å². The lowest BCUT2D eigenvalue weighted by Crippen LogP contribution is -2.43. The third-order valence-electron chi connectivity index (χ3n) is 3.95. The van der Waals surface area contributed by atoms with Crippen LogP contribution < -0.4 is 10.6 Å². The van der Waals surface area contributed by atoms with Gasteiger partial charge in [0, 0.05) is 31.4 Å². The Labute approximate surface area is 141 Å². The van der Waals surface area contributed by atoms with Crippen LogP contribution in [0.4, 0.5) is 14.9 Å². The number of anilines is 1. The summed E-state index contributed by atoms with van der Waals surface area (Å²) in [6.07, 6.45) is 0.916. The minimum atomic E-state index is -0.415. The first-order chi connectivity index (χ1) is 11.5. The fourth-order valence-electron chi connectivity index (χ4n) is 2.73. The van der Waals surface area contributed by atoms with Crippen LogP contribution in [0, 0.1) is 5.82 Å². The van der Waals surface area contributed by atoms with E-state index in [0.29, 0.717) is 38.2 Å². The molecule has 1 aromatic rings. The fourth-order valence-corrected chi connectivity index (χ4v) is 2.73. The van der Waals surface area contributed by atoms with E-state index in [1.165, 1.54) is 24.3 Å². The van der Waals surface area contributed by atoms with Crippen LogP contribution in [-0.4, -0.2) is 48.7 Å². The second-order valence-corrected chi connectivity index (χ2v) is 5.73. The van der Waals surface area contributed by atoms with Gasteiger partial charge in [0.2, 0.25) is 0 Å². The van der Waals surface area contributed by atoms with Crippen LogP contribution in [0.1, 0.15) is 26.7 Å².